The Morgan fingerprint density at radius 1 is 1.15 bits per heavy atom. The van der Waals surface area contributed by atoms with E-state index in [1.54, 1.807) is 0 Å². The lowest BCUT2D eigenvalue weighted by Gasteiger charge is -2.28. The van der Waals surface area contributed by atoms with Gasteiger partial charge in [0.25, 0.3) is 0 Å². The first-order chi connectivity index (χ1) is 9.25. The van der Waals surface area contributed by atoms with Crippen LogP contribution in [0, 0.1) is 0 Å². The molecule has 1 aromatic rings. The van der Waals surface area contributed by atoms with E-state index in [0.717, 1.165) is 6.54 Å². The summed E-state index contributed by atoms with van der Waals surface area (Å²) in [5.41, 5.74) is 9.14. The topological polar surface area (TPSA) is 29.3 Å². The lowest BCUT2D eigenvalue weighted by molar-refractivity contribution is 0.231. The highest BCUT2D eigenvalue weighted by Crippen LogP contribution is 2.23. The predicted molar refractivity (Wildman–Crippen MR) is 89.1 cm³/mol. The number of nitrogens with zero attached hydrogens (tertiary/aromatic N) is 1. The fraction of sp³-hybridized carbons (Fsp3) is 0.667. The Bertz CT molecular complexity index is 389. The maximum atomic E-state index is 6.35. The van der Waals surface area contributed by atoms with Gasteiger partial charge in [-0.3, -0.25) is 0 Å². The van der Waals surface area contributed by atoms with Crippen molar-refractivity contribution in [2.75, 3.05) is 13.6 Å². The fourth-order valence-electron chi connectivity index (χ4n) is 2.46. The van der Waals surface area contributed by atoms with Gasteiger partial charge >= 0.3 is 0 Å². The molecule has 0 aliphatic carbocycles. The standard InChI is InChI=1S/C18H32N2/c1-7-8-14(2)20(6)13-17(19)15-9-11-16(12-10-15)18(3,4)5/h9-12,14,17H,7-8,13,19H2,1-6H3. The number of nitrogens with two attached hydrogens (primary N) is 1. The Morgan fingerprint density at radius 2 is 1.70 bits per heavy atom. The molecule has 0 amide bonds. The Labute approximate surface area is 125 Å². The van der Waals surface area contributed by atoms with Crippen LogP contribution in [0.3, 0.4) is 0 Å². The van der Waals surface area contributed by atoms with Gasteiger partial charge in [0, 0.05) is 18.6 Å². The van der Waals surface area contributed by atoms with Crippen LogP contribution in [0.5, 0.6) is 0 Å². The van der Waals surface area contributed by atoms with Crippen LogP contribution in [0.2, 0.25) is 0 Å². The van der Waals surface area contributed by atoms with Crippen molar-refractivity contribution in [2.24, 2.45) is 5.73 Å². The lowest BCUT2D eigenvalue weighted by atomic mass is 9.86. The van der Waals surface area contributed by atoms with Gasteiger partial charge < -0.3 is 10.6 Å². The zero-order valence-corrected chi connectivity index (χ0v) is 14.1. The molecule has 0 aliphatic rings. The third-order valence-electron chi connectivity index (χ3n) is 4.15. The van der Waals surface area contributed by atoms with Crippen LogP contribution in [0.1, 0.15) is 64.6 Å². The summed E-state index contributed by atoms with van der Waals surface area (Å²) in [5, 5.41) is 0. The third-order valence-corrected chi connectivity index (χ3v) is 4.15. The molecule has 0 saturated carbocycles. The zero-order chi connectivity index (χ0) is 15.3. The van der Waals surface area contributed by atoms with Gasteiger partial charge in [-0.15, -0.1) is 0 Å². The number of likely N-dealkylation sites (N-methyl/N-ethyl adjacent to an activating group) is 1. The van der Waals surface area contributed by atoms with E-state index in [0.29, 0.717) is 6.04 Å². The van der Waals surface area contributed by atoms with Gasteiger partial charge in [0.05, 0.1) is 0 Å². The molecule has 2 N–H and O–H groups in total. The molecule has 0 spiro atoms. The highest BCUT2D eigenvalue weighted by Gasteiger charge is 2.16. The molecule has 1 rings (SSSR count). The molecule has 2 atom stereocenters. The van der Waals surface area contributed by atoms with E-state index < -0.39 is 0 Å². The van der Waals surface area contributed by atoms with Gasteiger partial charge in [0.15, 0.2) is 0 Å². The Hall–Kier alpha value is -0.860. The first-order valence-electron chi connectivity index (χ1n) is 7.82. The van der Waals surface area contributed by atoms with Crippen LogP contribution in [0.15, 0.2) is 24.3 Å². The van der Waals surface area contributed by atoms with Gasteiger partial charge in [0.1, 0.15) is 0 Å². The second-order valence-electron chi connectivity index (χ2n) is 7.06. The van der Waals surface area contributed by atoms with E-state index in [1.165, 1.54) is 24.0 Å². The van der Waals surface area contributed by atoms with E-state index in [4.69, 9.17) is 5.73 Å². The minimum Gasteiger partial charge on any atom is -0.323 e. The summed E-state index contributed by atoms with van der Waals surface area (Å²) in [4.78, 5) is 2.37. The van der Waals surface area contributed by atoms with Crippen LogP contribution < -0.4 is 5.73 Å². The summed E-state index contributed by atoms with van der Waals surface area (Å²) in [6, 6.07) is 9.48. The molecular formula is C18H32N2. The molecule has 2 unspecified atom stereocenters. The largest absolute Gasteiger partial charge is 0.323 e. The molecule has 1 aromatic carbocycles. The predicted octanol–water partition coefficient (Wildman–Crippen LogP) is 4.10. The number of hydrogen-bond acceptors (Lipinski definition) is 2. The van der Waals surface area contributed by atoms with Crippen molar-refractivity contribution in [3.63, 3.8) is 0 Å². The Balaban J connectivity index is 2.66. The molecule has 20 heavy (non-hydrogen) atoms. The van der Waals surface area contributed by atoms with Crippen LogP contribution in [0.4, 0.5) is 0 Å². The first-order valence-corrected chi connectivity index (χ1v) is 7.82. The molecule has 0 saturated heterocycles. The summed E-state index contributed by atoms with van der Waals surface area (Å²) in [6.07, 6.45) is 2.45. The van der Waals surface area contributed by atoms with Crippen molar-refractivity contribution in [1.29, 1.82) is 0 Å². The van der Waals surface area contributed by atoms with Gasteiger partial charge in [0.2, 0.25) is 0 Å². The van der Waals surface area contributed by atoms with Crippen molar-refractivity contribution in [3.05, 3.63) is 35.4 Å². The zero-order valence-electron chi connectivity index (χ0n) is 14.1. The molecule has 0 aromatic heterocycles. The normalized spacial score (nSPS) is 15.4. The minimum atomic E-state index is 0.0910. The molecule has 0 radical (unpaired) electrons. The van der Waals surface area contributed by atoms with Crippen LogP contribution in [-0.4, -0.2) is 24.5 Å². The average Bonchev–Trinajstić information content (AvgIpc) is 2.38. The number of rotatable bonds is 6. The lowest BCUT2D eigenvalue weighted by Crippen LogP contribution is -2.35. The van der Waals surface area contributed by atoms with Crippen molar-refractivity contribution < 1.29 is 0 Å². The van der Waals surface area contributed by atoms with Crippen LogP contribution in [0.25, 0.3) is 0 Å². The summed E-state index contributed by atoms with van der Waals surface area (Å²) in [7, 11) is 2.17. The summed E-state index contributed by atoms with van der Waals surface area (Å²) in [5.74, 6) is 0. The van der Waals surface area contributed by atoms with E-state index in [9.17, 15) is 0 Å². The average molecular weight is 276 g/mol. The Kier molecular flexibility index (Phi) is 6.22. The van der Waals surface area contributed by atoms with Crippen molar-refractivity contribution in [1.82, 2.24) is 4.90 Å². The first kappa shape index (κ1) is 17.2. The second-order valence-corrected chi connectivity index (χ2v) is 7.06. The van der Waals surface area contributed by atoms with E-state index in [-0.39, 0.29) is 11.5 Å². The maximum absolute atomic E-state index is 6.35. The molecule has 0 heterocycles. The highest BCUT2D eigenvalue weighted by molar-refractivity contribution is 5.29. The van der Waals surface area contributed by atoms with Crippen molar-refractivity contribution in [2.45, 2.75) is 65.0 Å². The molecular weight excluding hydrogens is 244 g/mol. The monoisotopic (exact) mass is 276 g/mol. The van der Waals surface area contributed by atoms with Crippen LogP contribution >= 0.6 is 0 Å². The van der Waals surface area contributed by atoms with Crippen molar-refractivity contribution >= 4 is 0 Å². The molecule has 2 nitrogen and oxygen atoms in total. The Morgan fingerprint density at radius 3 is 2.15 bits per heavy atom. The van der Waals surface area contributed by atoms with E-state index in [1.807, 2.05) is 0 Å². The third kappa shape index (κ3) is 4.92. The molecule has 0 bridgehead atoms. The van der Waals surface area contributed by atoms with E-state index in [2.05, 4.69) is 70.8 Å². The fourth-order valence-corrected chi connectivity index (χ4v) is 2.46. The maximum Gasteiger partial charge on any atom is 0.0424 e. The summed E-state index contributed by atoms with van der Waals surface area (Å²) in [6.45, 7) is 12.1. The molecule has 114 valence electrons. The smallest absolute Gasteiger partial charge is 0.0424 e. The number of benzene rings is 1. The molecule has 2 heteroatoms. The van der Waals surface area contributed by atoms with E-state index >= 15 is 0 Å². The second kappa shape index (κ2) is 7.24. The summed E-state index contributed by atoms with van der Waals surface area (Å²) >= 11 is 0. The van der Waals surface area contributed by atoms with Gasteiger partial charge in [-0.2, -0.15) is 0 Å². The highest BCUT2D eigenvalue weighted by atomic mass is 15.1. The van der Waals surface area contributed by atoms with Gasteiger partial charge in [-0.1, -0.05) is 58.4 Å². The van der Waals surface area contributed by atoms with Crippen molar-refractivity contribution in [3.8, 4) is 0 Å². The van der Waals surface area contributed by atoms with Gasteiger partial charge in [-0.25, -0.2) is 0 Å². The SMILES string of the molecule is CCCC(C)N(C)CC(N)c1ccc(C(C)(C)C)cc1. The number of hydrogen-bond donors (Lipinski definition) is 1. The minimum absolute atomic E-state index is 0.0910. The van der Waals surface area contributed by atoms with Gasteiger partial charge in [-0.05, 0) is 36.9 Å². The quantitative estimate of drug-likeness (QED) is 0.847. The summed E-state index contributed by atoms with van der Waals surface area (Å²) < 4.78 is 0. The van der Waals surface area contributed by atoms with Crippen LogP contribution in [-0.2, 0) is 5.41 Å². The molecule has 0 aliphatic heterocycles. The molecule has 0 fully saturated rings.